The smallest absolute Gasteiger partial charge is 0.217 e. The second-order valence-electron chi connectivity index (χ2n) is 2.55. The van der Waals surface area contributed by atoms with Gasteiger partial charge in [-0.25, -0.2) is 0 Å². The SMILES string of the molecule is CC(=O)NC1COCCOC1. The van der Waals surface area contributed by atoms with E-state index in [1.807, 2.05) is 0 Å². The molecule has 0 aromatic rings. The summed E-state index contributed by atoms with van der Waals surface area (Å²) in [4.78, 5) is 10.6. The van der Waals surface area contributed by atoms with Crippen molar-refractivity contribution >= 4 is 5.91 Å². The Kier molecular flexibility index (Phi) is 3.32. The van der Waals surface area contributed by atoms with Crippen LogP contribution < -0.4 is 5.32 Å². The third-order valence-corrected chi connectivity index (χ3v) is 1.42. The number of rotatable bonds is 1. The Morgan fingerprint density at radius 3 is 2.36 bits per heavy atom. The quantitative estimate of drug-likeness (QED) is 0.563. The van der Waals surface area contributed by atoms with Crippen LogP contribution in [0.2, 0.25) is 0 Å². The fourth-order valence-electron chi connectivity index (χ4n) is 0.988. The summed E-state index contributed by atoms with van der Waals surface area (Å²) in [5.41, 5.74) is 0. The van der Waals surface area contributed by atoms with Gasteiger partial charge in [-0.15, -0.1) is 0 Å². The molecule has 0 aromatic heterocycles. The van der Waals surface area contributed by atoms with E-state index in [1.165, 1.54) is 6.92 Å². The molecule has 0 spiro atoms. The first-order valence-electron chi connectivity index (χ1n) is 3.71. The van der Waals surface area contributed by atoms with Crippen LogP contribution in [0.5, 0.6) is 0 Å². The highest BCUT2D eigenvalue weighted by Gasteiger charge is 2.12. The number of carbonyl (C=O) groups is 1. The predicted octanol–water partition coefficient (Wildman–Crippen LogP) is -0.462. The van der Waals surface area contributed by atoms with Gasteiger partial charge in [0.1, 0.15) is 0 Å². The molecule has 0 saturated carbocycles. The maximum Gasteiger partial charge on any atom is 0.217 e. The molecule has 1 amide bonds. The molecule has 1 rings (SSSR count). The Bertz CT molecular complexity index is 130. The predicted molar refractivity (Wildman–Crippen MR) is 39.2 cm³/mol. The fourth-order valence-corrected chi connectivity index (χ4v) is 0.988. The minimum atomic E-state index is -0.0379. The van der Waals surface area contributed by atoms with Crippen molar-refractivity contribution in [1.29, 1.82) is 0 Å². The van der Waals surface area contributed by atoms with Crippen molar-refractivity contribution in [3.8, 4) is 0 Å². The topological polar surface area (TPSA) is 47.6 Å². The second kappa shape index (κ2) is 4.31. The first-order valence-corrected chi connectivity index (χ1v) is 3.71. The Morgan fingerprint density at radius 1 is 1.36 bits per heavy atom. The van der Waals surface area contributed by atoms with E-state index in [0.29, 0.717) is 26.4 Å². The molecule has 1 aliphatic rings. The molecule has 0 atom stereocenters. The molecule has 1 saturated heterocycles. The van der Waals surface area contributed by atoms with Crippen molar-refractivity contribution in [2.24, 2.45) is 0 Å². The molecule has 1 heterocycles. The highest BCUT2D eigenvalue weighted by molar-refractivity contribution is 5.73. The van der Waals surface area contributed by atoms with Gasteiger partial charge in [-0.3, -0.25) is 4.79 Å². The van der Waals surface area contributed by atoms with E-state index < -0.39 is 0 Å². The van der Waals surface area contributed by atoms with Gasteiger partial charge < -0.3 is 14.8 Å². The van der Waals surface area contributed by atoms with E-state index in [0.717, 1.165) is 0 Å². The monoisotopic (exact) mass is 159 g/mol. The van der Waals surface area contributed by atoms with Crippen LogP contribution in [0.4, 0.5) is 0 Å². The van der Waals surface area contributed by atoms with Gasteiger partial charge in [0, 0.05) is 6.92 Å². The molecule has 0 bridgehead atoms. The summed E-state index contributed by atoms with van der Waals surface area (Å²) >= 11 is 0. The summed E-state index contributed by atoms with van der Waals surface area (Å²) < 4.78 is 10.3. The lowest BCUT2D eigenvalue weighted by Gasteiger charge is -2.12. The summed E-state index contributed by atoms with van der Waals surface area (Å²) in [7, 11) is 0. The van der Waals surface area contributed by atoms with E-state index in [4.69, 9.17) is 9.47 Å². The van der Waals surface area contributed by atoms with Crippen LogP contribution in [0, 0.1) is 0 Å². The van der Waals surface area contributed by atoms with Crippen LogP contribution in [0.3, 0.4) is 0 Å². The summed E-state index contributed by atoms with van der Waals surface area (Å²) in [6.07, 6.45) is 0. The van der Waals surface area contributed by atoms with E-state index in [1.54, 1.807) is 0 Å². The van der Waals surface area contributed by atoms with Gasteiger partial charge in [0.05, 0.1) is 32.5 Å². The van der Waals surface area contributed by atoms with Gasteiger partial charge in [0.25, 0.3) is 0 Å². The number of ether oxygens (including phenoxy) is 2. The third-order valence-electron chi connectivity index (χ3n) is 1.42. The average Bonchev–Trinajstić information content (AvgIpc) is 2.14. The molecule has 1 N–H and O–H groups in total. The number of amides is 1. The zero-order valence-electron chi connectivity index (χ0n) is 6.63. The molecule has 4 heteroatoms. The lowest BCUT2D eigenvalue weighted by Crippen LogP contribution is -2.39. The molecule has 0 unspecified atom stereocenters. The third kappa shape index (κ3) is 3.34. The molecule has 11 heavy (non-hydrogen) atoms. The zero-order valence-corrected chi connectivity index (χ0v) is 6.63. The maximum atomic E-state index is 10.6. The molecular weight excluding hydrogens is 146 g/mol. The number of hydrogen-bond donors (Lipinski definition) is 1. The molecule has 1 aliphatic heterocycles. The highest BCUT2D eigenvalue weighted by atomic mass is 16.5. The standard InChI is InChI=1S/C7H13NO3/c1-6(9)8-7-4-10-2-3-11-5-7/h7H,2-5H2,1H3,(H,8,9). The second-order valence-corrected chi connectivity index (χ2v) is 2.55. The van der Waals surface area contributed by atoms with Gasteiger partial charge >= 0.3 is 0 Å². The van der Waals surface area contributed by atoms with E-state index >= 15 is 0 Å². The van der Waals surface area contributed by atoms with Gasteiger partial charge in [0.15, 0.2) is 0 Å². The van der Waals surface area contributed by atoms with Crippen LogP contribution in [-0.4, -0.2) is 38.4 Å². The highest BCUT2D eigenvalue weighted by Crippen LogP contribution is 1.94. The summed E-state index contributed by atoms with van der Waals surface area (Å²) in [6.45, 7) is 3.84. The summed E-state index contributed by atoms with van der Waals surface area (Å²) in [6, 6.07) is 0.0231. The minimum Gasteiger partial charge on any atom is -0.377 e. The Labute approximate surface area is 65.9 Å². The fraction of sp³-hybridized carbons (Fsp3) is 0.857. The van der Waals surface area contributed by atoms with Gasteiger partial charge in [-0.05, 0) is 0 Å². The lowest BCUT2D eigenvalue weighted by atomic mass is 10.3. The molecule has 4 nitrogen and oxygen atoms in total. The first-order chi connectivity index (χ1) is 5.29. The van der Waals surface area contributed by atoms with Crippen LogP contribution in [0.1, 0.15) is 6.92 Å². The van der Waals surface area contributed by atoms with Crippen molar-refractivity contribution in [3.05, 3.63) is 0 Å². The van der Waals surface area contributed by atoms with Crippen molar-refractivity contribution < 1.29 is 14.3 Å². The van der Waals surface area contributed by atoms with Crippen LogP contribution >= 0.6 is 0 Å². The lowest BCUT2D eigenvalue weighted by molar-refractivity contribution is -0.120. The number of nitrogens with one attached hydrogen (secondary N) is 1. The minimum absolute atomic E-state index is 0.0231. The molecule has 0 aliphatic carbocycles. The Morgan fingerprint density at radius 2 is 1.91 bits per heavy atom. The van der Waals surface area contributed by atoms with Crippen molar-refractivity contribution in [1.82, 2.24) is 5.32 Å². The van der Waals surface area contributed by atoms with Crippen molar-refractivity contribution in [2.45, 2.75) is 13.0 Å². The molecule has 0 radical (unpaired) electrons. The van der Waals surface area contributed by atoms with Gasteiger partial charge in [0.2, 0.25) is 5.91 Å². The van der Waals surface area contributed by atoms with E-state index in [-0.39, 0.29) is 11.9 Å². The summed E-state index contributed by atoms with van der Waals surface area (Å²) in [5, 5.41) is 2.73. The molecule has 0 aromatic carbocycles. The van der Waals surface area contributed by atoms with E-state index in [9.17, 15) is 4.79 Å². The van der Waals surface area contributed by atoms with Crippen molar-refractivity contribution in [2.75, 3.05) is 26.4 Å². The molecule has 1 fully saturated rings. The summed E-state index contributed by atoms with van der Waals surface area (Å²) in [5.74, 6) is -0.0379. The maximum absolute atomic E-state index is 10.6. The average molecular weight is 159 g/mol. The zero-order chi connectivity index (χ0) is 8.10. The van der Waals surface area contributed by atoms with Gasteiger partial charge in [-0.2, -0.15) is 0 Å². The van der Waals surface area contributed by atoms with Crippen molar-refractivity contribution in [3.63, 3.8) is 0 Å². The van der Waals surface area contributed by atoms with Crippen LogP contribution in [0.25, 0.3) is 0 Å². The molecular formula is C7H13NO3. The normalized spacial score (nSPS) is 20.8. The molecule has 64 valence electrons. The number of hydrogen-bond acceptors (Lipinski definition) is 3. The Hall–Kier alpha value is -0.610. The van der Waals surface area contributed by atoms with Crippen LogP contribution in [-0.2, 0) is 14.3 Å². The van der Waals surface area contributed by atoms with Crippen LogP contribution in [0.15, 0.2) is 0 Å². The largest absolute Gasteiger partial charge is 0.377 e. The Balaban J connectivity index is 2.25. The number of carbonyl (C=O) groups excluding carboxylic acids is 1. The van der Waals surface area contributed by atoms with E-state index in [2.05, 4.69) is 5.32 Å². The first kappa shape index (κ1) is 8.49. The van der Waals surface area contributed by atoms with Gasteiger partial charge in [-0.1, -0.05) is 0 Å².